The van der Waals surface area contributed by atoms with Gasteiger partial charge in [-0.05, 0) is 61.4 Å². The summed E-state index contributed by atoms with van der Waals surface area (Å²) in [4.78, 5) is 23.2. The molecule has 35 heavy (non-hydrogen) atoms. The maximum atomic E-state index is 14.9. The third-order valence-corrected chi connectivity index (χ3v) is 5.88. The van der Waals surface area contributed by atoms with Crippen molar-refractivity contribution in [2.24, 2.45) is 5.16 Å². The van der Waals surface area contributed by atoms with Crippen molar-refractivity contribution in [3.05, 3.63) is 107 Å². The summed E-state index contributed by atoms with van der Waals surface area (Å²) >= 11 is 0. The van der Waals surface area contributed by atoms with Crippen molar-refractivity contribution in [2.45, 2.75) is 32.4 Å². The first-order chi connectivity index (χ1) is 17.0. The molecule has 7 nitrogen and oxygen atoms in total. The highest BCUT2D eigenvalue weighted by atomic mass is 19.1. The number of nitrogens with one attached hydrogen (secondary N) is 1. The normalized spacial score (nSPS) is 15.9. The Hall–Kier alpha value is -4.33. The molecule has 176 valence electrons. The number of oxime groups is 1. The molecule has 2 aromatic carbocycles. The van der Waals surface area contributed by atoms with Crippen LogP contribution in [0.5, 0.6) is 0 Å². The van der Waals surface area contributed by atoms with Crippen LogP contribution in [0.3, 0.4) is 0 Å². The molecule has 8 heteroatoms. The molecule has 0 saturated carbocycles. The number of rotatable bonds is 6. The fourth-order valence-corrected chi connectivity index (χ4v) is 4.01. The molecule has 2 unspecified atom stereocenters. The third-order valence-electron chi connectivity index (χ3n) is 5.88. The summed E-state index contributed by atoms with van der Waals surface area (Å²) in [5.74, 6) is -0.157. The second-order valence-electron chi connectivity index (χ2n) is 8.48. The van der Waals surface area contributed by atoms with Crippen LogP contribution in [0.15, 0.2) is 82.7 Å². The molecular weight excluding hydrogens is 447 g/mol. The highest BCUT2D eigenvalue weighted by molar-refractivity contribution is 6.05. The summed E-state index contributed by atoms with van der Waals surface area (Å²) in [7, 11) is 0. The van der Waals surface area contributed by atoms with Gasteiger partial charge in [-0.2, -0.15) is 0 Å². The molecule has 1 amide bonds. The zero-order chi connectivity index (χ0) is 24.4. The average molecular weight is 471 g/mol. The van der Waals surface area contributed by atoms with Crippen LogP contribution >= 0.6 is 0 Å². The summed E-state index contributed by atoms with van der Waals surface area (Å²) in [6, 6.07) is 17.2. The molecule has 4 aromatic rings. The van der Waals surface area contributed by atoms with Gasteiger partial charge >= 0.3 is 0 Å². The van der Waals surface area contributed by atoms with Crippen LogP contribution in [-0.4, -0.2) is 21.8 Å². The van der Waals surface area contributed by atoms with Gasteiger partial charge in [0.2, 0.25) is 0 Å². The maximum absolute atomic E-state index is 14.9. The molecular formula is C27H23FN4O3. The monoisotopic (exact) mass is 470 g/mol. The fourth-order valence-electron chi connectivity index (χ4n) is 4.01. The Bertz CT molecular complexity index is 1390. The Kier molecular flexibility index (Phi) is 6.10. The maximum Gasteiger partial charge on any atom is 0.251 e. The minimum absolute atomic E-state index is 0.324. The number of pyridine rings is 1. The topological polar surface area (TPSA) is 89.6 Å². The molecule has 1 aliphatic rings. The van der Waals surface area contributed by atoms with Crippen molar-refractivity contribution in [3.8, 4) is 11.1 Å². The zero-order valence-electron chi connectivity index (χ0n) is 19.2. The van der Waals surface area contributed by atoms with Gasteiger partial charge in [0.05, 0.1) is 23.6 Å². The lowest BCUT2D eigenvalue weighted by Crippen LogP contribution is -2.26. The lowest BCUT2D eigenvalue weighted by molar-refractivity contribution is 0.0826. The van der Waals surface area contributed by atoms with Gasteiger partial charge in [-0.1, -0.05) is 28.5 Å². The van der Waals surface area contributed by atoms with Crippen LogP contribution in [0.1, 0.15) is 58.4 Å². The Morgan fingerprint density at radius 1 is 1.09 bits per heavy atom. The van der Waals surface area contributed by atoms with Gasteiger partial charge in [-0.15, -0.1) is 0 Å². The molecule has 0 spiro atoms. The fraction of sp³-hybridized carbons (Fsp3) is 0.185. The first-order valence-corrected chi connectivity index (χ1v) is 11.2. The smallest absolute Gasteiger partial charge is 0.251 e. The van der Waals surface area contributed by atoms with Crippen molar-refractivity contribution in [2.75, 3.05) is 0 Å². The highest BCUT2D eigenvalue weighted by Gasteiger charge is 2.26. The van der Waals surface area contributed by atoms with Crippen molar-refractivity contribution in [1.82, 2.24) is 15.5 Å². The molecule has 2 aromatic heterocycles. The van der Waals surface area contributed by atoms with Gasteiger partial charge in [0.15, 0.2) is 11.9 Å². The Labute approximate surface area is 201 Å². The summed E-state index contributed by atoms with van der Waals surface area (Å²) in [6.07, 6.45) is 3.38. The summed E-state index contributed by atoms with van der Waals surface area (Å²) < 4.78 is 20.0. The third kappa shape index (κ3) is 4.82. The molecule has 0 fully saturated rings. The van der Waals surface area contributed by atoms with E-state index in [-0.39, 0.29) is 17.8 Å². The van der Waals surface area contributed by atoms with E-state index in [9.17, 15) is 9.18 Å². The van der Waals surface area contributed by atoms with E-state index < -0.39 is 6.04 Å². The Morgan fingerprint density at radius 3 is 2.69 bits per heavy atom. The summed E-state index contributed by atoms with van der Waals surface area (Å²) in [5, 5.41) is 10.9. The molecule has 3 heterocycles. The second-order valence-corrected chi connectivity index (χ2v) is 8.48. The quantitative estimate of drug-likeness (QED) is 0.400. The van der Waals surface area contributed by atoms with Gasteiger partial charge in [0.1, 0.15) is 5.82 Å². The van der Waals surface area contributed by atoms with E-state index >= 15 is 0 Å². The molecule has 2 atom stereocenters. The van der Waals surface area contributed by atoms with E-state index in [1.165, 1.54) is 12.3 Å². The number of halogens is 1. The van der Waals surface area contributed by atoms with Gasteiger partial charge in [0, 0.05) is 35.4 Å². The van der Waals surface area contributed by atoms with Crippen molar-refractivity contribution >= 4 is 11.6 Å². The van der Waals surface area contributed by atoms with Gasteiger partial charge in [0.25, 0.3) is 5.91 Å². The number of carbonyl (C=O) groups excluding carboxylic acids is 1. The lowest BCUT2D eigenvalue weighted by atomic mass is 9.94. The molecule has 0 aliphatic carbocycles. The standard InChI is InChI=1S/C27H23FN4O3/c1-16-6-7-21(22(28)11-16)18-12-19(24-15-26(35-32-24)23-5-3-4-9-29-23)14-20(13-18)27(33)31-17(2)25-8-10-30-34-25/h3-14,17,26H,15H2,1-2H3,(H,31,33). The summed E-state index contributed by atoms with van der Waals surface area (Å²) in [5.41, 5.74) is 4.26. The van der Waals surface area contributed by atoms with E-state index in [4.69, 9.17) is 9.36 Å². The molecule has 5 rings (SSSR count). The first kappa shape index (κ1) is 22.5. The van der Waals surface area contributed by atoms with Crippen LogP contribution in [0.2, 0.25) is 0 Å². The molecule has 1 aliphatic heterocycles. The SMILES string of the molecule is Cc1ccc(-c2cc(C(=O)NC(C)c3ccno3)cc(C3=NOC(c4ccccn4)C3)c2)c(F)c1. The van der Waals surface area contributed by atoms with Crippen molar-refractivity contribution < 1.29 is 18.5 Å². The van der Waals surface area contributed by atoms with Crippen LogP contribution in [-0.2, 0) is 4.84 Å². The minimum atomic E-state index is -0.395. The number of hydrogen-bond acceptors (Lipinski definition) is 6. The number of amides is 1. The highest BCUT2D eigenvalue weighted by Crippen LogP contribution is 2.32. The predicted octanol–water partition coefficient (Wildman–Crippen LogP) is 5.54. The number of benzene rings is 2. The number of aryl methyl sites for hydroxylation is 1. The van der Waals surface area contributed by atoms with E-state index in [1.54, 1.807) is 37.4 Å². The first-order valence-electron chi connectivity index (χ1n) is 11.2. The second kappa shape index (κ2) is 9.50. The number of nitrogens with zero attached hydrogens (tertiary/aromatic N) is 3. The van der Waals surface area contributed by atoms with Crippen molar-refractivity contribution in [1.29, 1.82) is 0 Å². The minimum Gasteiger partial charge on any atom is -0.385 e. The predicted molar refractivity (Wildman–Crippen MR) is 128 cm³/mol. The molecule has 0 radical (unpaired) electrons. The average Bonchev–Trinajstić information content (AvgIpc) is 3.57. The lowest BCUT2D eigenvalue weighted by Gasteiger charge is -2.14. The number of hydrogen-bond donors (Lipinski definition) is 1. The van der Waals surface area contributed by atoms with Gasteiger partial charge in [-0.3, -0.25) is 9.78 Å². The zero-order valence-corrected chi connectivity index (χ0v) is 19.2. The van der Waals surface area contributed by atoms with Crippen molar-refractivity contribution in [3.63, 3.8) is 0 Å². The Balaban J connectivity index is 1.49. The van der Waals surface area contributed by atoms with Crippen LogP contribution in [0, 0.1) is 12.7 Å². The van der Waals surface area contributed by atoms with Gasteiger partial charge < -0.3 is 14.7 Å². The van der Waals surface area contributed by atoms with Crippen LogP contribution in [0.25, 0.3) is 11.1 Å². The van der Waals surface area contributed by atoms with Crippen LogP contribution in [0.4, 0.5) is 4.39 Å². The van der Waals surface area contributed by atoms with E-state index in [1.807, 2.05) is 37.3 Å². The molecule has 0 bridgehead atoms. The van der Waals surface area contributed by atoms with E-state index in [2.05, 4.69) is 20.6 Å². The van der Waals surface area contributed by atoms with E-state index in [0.717, 1.165) is 11.3 Å². The summed E-state index contributed by atoms with van der Waals surface area (Å²) in [6.45, 7) is 3.63. The molecule has 0 saturated heterocycles. The molecule has 1 N–H and O–H groups in total. The largest absolute Gasteiger partial charge is 0.385 e. The number of carbonyl (C=O) groups is 1. The number of aromatic nitrogens is 2. The van der Waals surface area contributed by atoms with E-state index in [0.29, 0.717) is 40.1 Å². The van der Waals surface area contributed by atoms with Gasteiger partial charge in [-0.25, -0.2) is 4.39 Å². The van der Waals surface area contributed by atoms with Crippen LogP contribution < -0.4 is 5.32 Å². The Morgan fingerprint density at radius 2 is 1.94 bits per heavy atom.